The minimum absolute atomic E-state index is 0.243. The maximum atomic E-state index is 9.75. The molecule has 2 aromatic carbocycles. The molecule has 1 N–H and O–H groups in total. The van der Waals surface area contributed by atoms with E-state index in [2.05, 4.69) is 6.07 Å². The summed E-state index contributed by atoms with van der Waals surface area (Å²) in [6, 6.07) is 17.3. The van der Waals surface area contributed by atoms with Gasteiger partial charge in [0.1, 0.15) is 11.5 Å². The van der Waals surface area contributed by atoms with Crippen molar-refractivity contribution in [1.82, 2.24) is 0 Å². The van der Waals surface area contributed by atoms with E-state index in [0.717, 1.165) is 16.9 Å². The Labute approximate surface area is 118 Å². The Hall–Kier alpha value is -2.47. The van der Waals surface area contributed by atoms with Crippen LogP contribution in [0.15, 0.2) is 48.5 Å². The normalized spacial score (nSPS) is 20.6. The van der Waals surface area contributed by atoms with Gasteiger partial charge in [0.2, 0.25) is 0 Å². The van der Waals surface area contributed by atoms with Gasteiger partial charge >= 0.3 is 0 Å². The average Bonchev–Trinajstić information content (AvgIpc) is 2.50. The number of benzene rings is 2. The molecule has 3 nitrogen and oxygen atoms in total. The molecule has 20 heavy (non-hydrogen) atoms. The second-order valence-corrected chi connectivity index (χ2v) is 5.13. The van der Waals surface area contributed by atoms with Crippen molar-refractivity contribution in [1.29, 1.82) is 5.26 Å². The number of fused-ring (bicyclic) bond motifs is 1. The molecular formula is C17H15NO2. The van der Waals surface area contributed by atoms with Crippen LogP contribution in [0.1, 0.15) is 17.5 Å². The molecule has 2 aromatic rings. The lowest BCUT2D eigenvalue weighted by molar-refractivity contribution is 0.241. The van der Waals surface area contributed by atoms with Gasteiger partial charge in [0.25, 0.3) is 0 Å². The third-order valence-electron chi connectivity index (χ3n) is 3.85. The molecule has 1 aliphatic heterocycles. The first-order valence-electron chi connectivity index (χ1n) is 6.65. The lowest BCUT2D eigenvalue weighted by atomic mass is 9.73. The molecule has 1 heterocycles. The number of nitrogens with zero attached hydrogens (tertiary/aromatic N) is 1. The standard InChI is InChI=1S/C17H15NO2/c18-12-17(11-13-5-7-14(19)8-6-13)9-10-20-16-4-2-1-3-15(16)17/h1-8,19H,9-11H2. The van der Waals surface area contributed by atoms with Gasteiger partial charge in [-0.15, -0.1) is 0 Å². The molecule has 0 radical (unpaired) electrons. The topological polar surface area (TPSA) is 53.2 Å². The summed E-state index contributed by atoms with van der Waals surface area (Å²) in [5.74, 6) is 1.05. The van der Waals surface area contributed by atoms with Gasteiger partial charge in [-0.25, -0.2) is 0 Å². The fraction of sp³-hybridized carbons (Fsp3) is 0.235. The van der Waals surface area contributed by atoms with Crippen molar-refractivity contribution >= 4 is 0 Å². The minimum atomic E-state index is -0.550. The zero-order valence-corrected chi connectivity index (χ0v) is 11.0. The summed E-state index contributed by atoms with van der Waals surface area (Å²) in [5, 5.41) is 19.1. The van der Waals surface area contributed by atoms with Crippen LogP contribution in [0.3, 0.4) is 0 Å². The summed E-state index contributed by atoms with van der Waals surface area (Å²) in [6.45, 7) is 0.558. The van der Waals surface area contributed by atoms with Crippen LogP contribution in [0.25, 0.3) is 0 Å². The highest BCUT2D eigenvalue weighted by atomic mass is 16.5. The SMILES string of the molecule is N#CC1(Cc2ccc(O)cc2)CCOc2ccccc21. The van der Waals surface area contributed by atoms with E-state index in [4.69, 9.17) is 4.74 Å². The van der Waals surface area contributed by atoms with Gasteiger partial charge in [-0.3, -0.25) is 0 Å². The third-order valence-corrected chi connectivity index (χ3v) is 3.85. The minimum Gasteiger partial charge on any atom is -0.508 e. The van der Waals surface area contributed by atoms with Crippen molar-refractivity contribution in [3.63, 3.8) is 0 Å². The van der Waals surface area contributed by atoms with E-state index in [-0.39, 0.29) is 5.75 Å². The number of phenolic OH excluding ortho intramolecular Hbond substituents is 1. The number of para-hydroxylation sites is 1. The molecule has 1 aliphatic rings. The monoisotopic (exact) mass is 265 g/mol. The first-order valence-corrected chi connectivity index (χ1v) is 6.65. The van der Waals surface area contributed by atoms with Crippen LogP contribution in [0.2, 0.25) is 0 Å². The Bertz CT molecular complexity index is 657. The molecule has 0 fully saturated rings. The van der Waals surface area contributed by atoms with Crippen molar-refractivity contribution in [3.8, 4) is 17.6 Å². The average molecular weight is 265 g/mol. The molecule has 100 valence electrons. The summed E-state index contributed by atoms with van der Waals surface area (Å²) in [4.78, 5) is 0. The molecule has 1 atom stereocenters. The Morgan fingerprint density at radius 2 is 1.90 bits per heavy atom. The highest BCUT2D eigenvalue weighted by Gasteiger charge is 2.38. The van der Waals surface area contributed by atoms with Crippen molar-refractivity contribution in [2.75, 3.05) is 6.61 Å². The number of ether oxygens (including phenoxy) is 1. The van der Waals surface area contributed by atoms with Gasteiger partial charge in [0, 0.05) is 12.0 Å². The molecule has 0 aromatic heterocycles. The summed E-state index contributed by atoms with van der Waals surface area (Å²) < 4.78 is 5.65. The first kappa shape index (κ1) is 12.6. The van der Waals surface area contributed by atoms with Crippen molar-refractivity contribution in [2.45, 2.75) is 18.3 Å². The number of rotatable bonds is 2. The van der Waals surface area contributed by atoms with E-state index in [9.17, 15) is 10.4 Å². The van der Waals surface area contributed by atoms with Crippen LogP contribution in [0.5, 0.6) is 11.5 Å². The molecule has 1 unspecified atom stereocenters. The van der Waals surface area contributed by atoms with E-state index in [1.54, 1.807) is 12.1 Å². The van der Waals surface area contributed by atoms with E-state index in [1.807, 2.05) is 36.4 Å². The first-order chi connectivity index (χ1) is 9.73. The van der Waals surface area contributed by atoms with Gasteiger partial charge in [0.05, 0.1) is 18.1 Å². The number of hydrogen-bond donors (Lipinski definition) is 1. The number of phenols is 1. The second kappa shape index (κ2) is 4.90. The van der Waals surface area contributed by atoms with E-state index < -0.39 is 5.41 Å². The largest absolute Gasteiger partial charge is 0.508 e. The van der Waals surface area contributed by atoms with Crippen molar-refractivity contribution in [2.24, 2.45) is 0 Å². The maximum Gasteiger partial charge on any atom is 0.124 e. The van der Waals surface area contributed by atoms with Crippen molar-refractivity contribution < 1.29 is 9.84 Å². The molecule has 0 saturated carbocycles. The van der Waals surface area contributed by atoms with Gasteiger partial charge in [-0.1, -0.05) is 30.3 Å². The second-order valence-electron chi connectivity index (χ2n) is 5.13. The van der Waals surface area contributed by atoms with Gasteiger partial charge in [-0.05, 0) is 30.2 Å². The van der Waals surface area contributed by atoms with E-state index in [1.165, 1.54) is 0 Å². The number of hydrogen-bond acceptors (Lipinski definition) is 3. The van der Waals surface area contributed by atoms with Gasteiger partial charge in [0.15, 0.2) is 0 Å². The van der Waals surface area contributed by atoms with E-state index in [0.29, 0.717) is 19.4 Å². The molecule has 0 aliphatic carbocycles. The predicted octanol–water partition coefficient (Wildman–Crippen LogP) is 3.18. The molecule has 3 heteroatoms. The fourth-order valence-electron chi connectivity index (χ4n) is 2.76. The predicted molar refractivity (Wildman–Crippen MR) is 75.7 cm³/mol. The van der Waals surface area contributed by atoms with Crippen LogP contribution < -0.4 is 4.74 Å². The Balaban J connectivity index is 2.01. The summed E-state index contributed by atoms with van der Waals surface area (Å²) in [6.07, 6.45) is 1.31. The highest BCUT2D eigenvalue weighted by molar-refractivity contribution is 5.47. The number of aromatic hydroxyl groups is 1. The summed E-state index contributed by atoms with van der Waals surface area (Å²) >= 11 is 0. The van der Waals surface area contributed by atoms with Gasteiger partial charge < -0.3 is 9.84 Å². The van der Waals surface area contributed by atoms with Crippen LogP contribution in [-0.2, 0) is 11.8 Å². The molecule has 0 amide bonds. The Kier molecular flexibility index (Phi) is 3.08. The lowest BCUT2D eigenvalue weighted by Gasteiger charge is -2.33. The molecule has 0 spiro atoms. The quantitative estimate of drug-likeness (QED) is 0.907. The highest BCUT2D eigenvalue weighted by Crippen LogP contribution is 2.40. The van der Waals surface area contributed by atoms with Crippen molar-refractivity contribution in [3.05, 3.63) is 59.7 Å². The molecule has 3 rings (SSSR count). The summed E-state index contributed by atoms with van der Waals surface area (Å²) in [5.41, 5.74) is 1.45. The van der Waals surface area contributed by atoms with Gasteiger partial charge in [-0.2, -0.15) is 5.26 Å². The zero-order chi connectivity index (χ0) is 14.0. The van der Waals surface area contributed by atoms with Crippen LogP contribution in [0, 0.1) is 11.3 Å². The molecule has 0 bridgehead atoms. The van der Waals surface area contributed by atoms with E-state index >= 15 is 0 Å². The lowest BCUT2D eigenvalue weighted by Crippen LogP contribution is -2.33. The van der Waals surface area contributed by atoms with Crippen LogP contribution in [-0.4, -0.2) is 11.7 Å². The molecule has 0 saturated heterocycles. The third kappa shape index (κ3) is 2.10. The fourth-order valence-corrected chi connectivity index (χ4v) is 2.76. The molecular weight excluding hydrogens is 250 g/mol. The zero-order valence-electron chi connectivity index (χ0n) is 11.0. The summed E-state index contributed by atoms with van der Waals surface area (Å²) in [7, 11) is 0. The Morgan fingerprint density at radius 3 is 2.65 bits per heavy atom. The smallest absolute Gasteiger partial charge is 0.124 e. The Morgan fingerprint density at radius 1 is 1.15 bits per heavy atom. The number of nitriles is 1. The van der Waals surface area contributed by atoms with Crippen LogP contribution >= 0.6 is 0 Å². The maximum absolute atomic E-state index is 9.75. The van der Waals surface area contributed by atoms with Crippen LogP contribution in [0.4, 0.5) is 0 Å².